The third kappa shape index (κ3) is 3.41. The highest BCUT2D eigenvalue weighted by atomic mass is 16.5. The van der Waals surface area contributed by atoms with Gasteiger partial charge in [-0.15, -0.1) is 0 Å². The van der Waals surface area contributed by atoms with Crippen LogP contribution in [0, 0.1) is 5.41 Å². The number of ether oxygens (including phenoxy) is 2. The number of carbonyl (C=O) groups is 2. The van der Waals surface area contributed by atoms with Gasteiger partial charge < -0.3 is 14.6 Å². The molecular formula is C11H19NO5. The number of carboxylic acids is 1. The van der Waals surface area contributed by atoms with Crippen LogP contribution in [0.3, 0.4) is 0 Å². The Balaban J connectivity index is 2.54. The standard InChI is InChI=1S/C11H19NO5/c1-11(9(13)14,10(15)16-2)3-4-12-5-7-17-8-6-12/h3-8H2,1-2H3,(H,13,14). The smallest absolute Gasteiger partial charge is 0.322 e. The molecule has 17 heavy (non-hydrogen) atoms. The van der Waals surface area contributed by atoms with Crippen LogP contribution in [0.2, 0.25) is 0 Å². The highest BCUT2D eigenvalue weighted by molar-refractivity contribution is 5.98. The zero-order chi connectivity index (χ0) is 12.9. The predicted molar refractivity (Wildman–Crippen MR) is 59.6 cm³/mol. The van der Waals surface area contributed by atoms with Gasteiger partial charge in [-0.3, -0.25) is 14.5 Å². The van der Waals surface area contributed by atoms with Crippen LogP contribution in [0.25, 0.3) is 0 Å². The third-order valence-electron chi connectivity index (χ3n) is 3.14. The van der Waals surface area contributed by atoms with E-state index < -0.39 is 17.4 Å². The lowest BCUT2D eigenvalue weighted by molar-refractivity contribution is -0.166. The Labute approximate surface area is 100 Å². The summed E-state index contributed by atoms with van der Waals surface area (Å²) in [5.41, 5.74) is -1.47. The first-order valence-corrected chi connectivity index (χ1v) is 5.62. The summed E-state index contributed by atoms with van der Waals surface area (Å²) in [5, 5.41) is 9.12. The van der Waals surface area contributed by atoms with E-state index in [1.54, 1.807) is 0 Å². The molecule has 0 aromatic rings. The van der Waals surface area contributed by atoms with Crippen LogP contribution in [0.1, 0.15) is 13.3 Å². The number of carboxylic acid groups (broad SMARTS) is 1. The summed E-state index contributed by atoms with van der Waals surface area (Å²) in [6, 6.07) is 0. The molecule has 0 spiro atoms. The molecule has 6 nitrogen and oxygen atoms in total. The number of hydrogen-bond donors (Lipinski definition) is 1. The van der Waals surface area contributed by atoms with Gasteiger partial charge in [0.25, 0.3) is 0 Å². The molecule has 98 valence electrons. The fraction of sp³-hybridized carbons (Fsp3) is 0.818. The number of rotatable bonds is 5. The van der Waals surface area contributed by atoms with Crippen molar-refractivity contribution in [2.75, 3.05) is 40.0 Å². The van der Waals surface area contributed by atoms with Crippen LogP contribution in [-0.2, 0) is 19.1 Å². The van der Waals surface area contributed by atoms with Gasteiger partial charge in [0.15, 0.2) is 5.41 Å². The lowest BCUT2D eigenvalue weighted by atomic mass is 9.86. The van der Waals surface area contributed by atoms with E-state index in [-0.39, 0.29) is 6.42 Å². The fourth-order valence-corrected chi connectivity index (χ4v) is 1.73. The summed E-state index contributed by atoms with van der Waals surface area (Å²) >= 11 is 0. The van der Waals surface area contributed by atoms with Crippen molar-refractivity contribution in [1.29, 1.82) is 0 Å². The van der Waals surface area contributed by atoms with Crippen LogP contribution in [0.15, 0.2) is 0 Å². The largest absolute Gasteiger partial charge is 0.480 e. The van der Waals surface area contributed by atoms with Gasteiger partial charge >= 0.3 is 11.9 Å². The van der Waals surface area contributed by atoms with Crippen LogP contribution in [0.5, 0.6) is 0 Å². The average molecular weight is 245 g/mol. The van der Waals surface area contributed by atoms with E-state index in [1.165, 1.54) is 14.0 Å². The number of esters is 1. The van der Waals surface area contributed by atoms with Gasteiger partial charge in [0.1, 0.15) is 0 Å². The molecule has 0 aromatic heterocycles. The molecule has 1 unspecified atom stereocenters. The van der Waals surface area contributed by atoms with Crippen molar-refractivity contribution in [2.24, 2.45) is 5.41 Å². The van der Waals surface area contributed by atoms with E-state index in [0.717, 1.165) is 13.1 Å². The van der Waals surface area contributed by atoms with Crippen LogP contribution < -0.4 is 0 Å². The Kier molecular flexibility index (Phi) is 4.89. The summed E-state index contributed by atoms with van der Waals surface area (Å²) in [7, 11) is 1.21. The van der Waals surface area contributed by atoms with E-state index in [0.29, 0.717) is 19.8 Å². The Morgan fingerprint density at radius 3 is 2.47 bits per heavy atom. The SMILES string of the molecule is COC(=O)C(C)(CCN1CCOCC1)C(=O)O. The van der Waals surface area contributed by atoms with Crippen molar-refractivity contribution in [3.8, 4) is 0 Å². The minimum atomic E-state index is -1.47. The maximum Gasteiger partial charge on any atom is 0.322 e. The van der Waals surface area contributed by atoms with Gasteiger partial charge in [0.05, 0.1) is 20.3 Å². The molecule has 6 heteroatoms. The van der Waals surface area contributed by atoms with E-state index in [2.05, 4.69) is 9.64 Å². The van der Waals surface area contributed by atoms with E-state index >= 15 is 0 Å². The van der Waals surface area contributed by atoms with Crippen molar-refractivity contribution < 1.29 is 24.2 Å². The highest BCUT2D eigenvalue weighted by Gasteiger charge is 2.42. The van der Waals surface area contributed by atoms with Crippen molar-refractivity contribution in [3.05, 3.63) is 0 Å². The predicted octanol–water partition coefficient (Wildman–Crippen LogP) is -0.0274. The van der Waals surface area contributed by atoms with Crippen LogP contribution in [-0.4, -0.2) is 61.9 Å². The van der Waals surface area contributed by atoms with Gasteiger partial charge in [-0.25, -0.2) is 0 Å². The first-order chi connectivity index (χ1) is 8.00. The summed E-state index contributed by atoms with van der Waals surface area (Å²) in [6.45, 7) is 4.82. The summed E-state index contributed by atoms with van der Waals surface area (Å²) in [4.78, 5) is 24.7. The minimum absolute atomic E-state index is 0.245. The molecule has 0 radical (unpaired) electrons. The Hall–Kier alpha value is -1.14. The van der Waals surface area contributed by atoms with Crippen LogP contribution >= 0.6 is 0 Å². The third-order valence-corrected chi connectivity index (χ3v) is 3.14. The van der Waals surface area contributed by atoms with Gasteiger partial charge in [-0.05, 0) is 19.9 Å². The van der Waals surface area contributed by atoms with E-state index in [4.69, 9.17) is 9.84 Å². The van der Waals surface area contributed by atoms with Gasteiger partial charge in [-0.2, -0.15) is 0 Å². The normalized spacial score (nSPS) is 20.6. The molecular weight excluding hydrogens is 226 g/mol. The molecule has 0 saturated carbocycles. The second-order valence-corrected chi connectivity index (χ2v) is 4.33. The Bertz CT molecular complexity index is 288. The zero-order valence-electron chi connectivity index (χ0n) is 10.3. The summed E-state index contributed by atoms with van der Waals surface area (Å²) in [6.07, 6.45) is 0.245. The number of nitrogens with zero attached hydrogens (tertiary/aromatic N) is 1. The molecule has 1 atom stereocenters. The molecule has 0 amide bonds. The number of aliphatic carboxylic acids is 1. The molecule has 0 bridgehead atoms. The molecule has 1 aliphatic rings. The number of hydrogen-bond acceptors (Lipinski definition) is 5. The number of morpholine rings is 1. The number of methoxy groups -OCH3 is 1. The van der Waals surface area contributed by atoms with Crippen molar-refractivity contribution in [1.82, 2.24) is 4.90 Å². The maximum atomic E-state index is 11.5. The van der Waals surface area contributed by atoms with Gasteiger partial charge in [-0.1, -0.05) is 0 Å². The van der Waals surface area contributed by atoms with Crippen molar-refractivity contribution >= 4 is 11.9 Å². The fourth-order valence-electron chi connectivity index (χ4n) is 1.73. The first kappa shape index (κ1) is 13.9. The number of carbonyl (C=O) groups excluding carboxylic acids is 1. The highest BCUT2D eigenvalue weighted by Crippen LogP contribution is 2.24. The molecule has 1 rings (SSSR count). The summed E-state index contributed by atoms with van der Waals surface area (Å²) < 4.78 is 9.75. The quantitative estimate of drug-likeness (QED) is 0.541. The summed E-state index contributed by atoms with van der Waals surface area (Å²) in [5.74, 6) is -1.84. The van der Waals surface area contributed by atoms with E-state index in [1.807, 2.05) is 0 Å². The minimum Gasteiger partial charge on any atom is -0.480 e. The molecule has 1 fully saturated rings. The van der Waals surface area contributed by atoms with Gasteiger partial charge in [0, 0.05) is 13.1 Å². The molecule has 1 N–H and O–H groups in total. The lowest BCUT2D eigenvalue weighted by Crippen LogP contribution is -2.43. The molecule has 1 heterocycles. The second-order valence-electron chi connectivity index (χ2n) is 4.33. The molecule has 1 aliphatic heterocycles. The molecule has 0 aliphatic carbocycles. The zero-order valence-corrected chi connectivity index (χ0v) is 10.3. The molecule has 0 aromatic carbocycles. The van der Waals surface area contributed by atoms with Gasteiger partial charge in [0.2, 0.25) is 0 Å². The first-order valence-electron chi connectivity index (χ1n) is 5.62. The maximum absolute atomic E-state index is 11.5. The van der Waals surface area contributed by atoms with Crippen molar-refractivity contribution in [3.63, 3.8) is 0 Å². The van der Waals surface area contributed by atoms with Crippen molar-refractivity contribution in [2.45, 2.75) is 13.3 Å². The average Bonchev–Trinajstić information content (AvgIpc) is 2.35. The van der Waals surface area contributed by atoms with E-state index in [9.17, 15) is 9.59 Å². The second kappa shape index (κ2) is 5.97. The van der Waals surface area contributed by atoms with Crippen LogP contribution in [0.4, 0.5) is 0 Å². The topological polar surface area (TPSA) is 76.1 Å². The lowest BCUT2D eigenvalue weighted by Gasteiger charge is -2.29. The molecule has 1 saturated heterocycles. The Morgan fingerprint density at radius 2 is 2.00 bits per heavy atom. The monoisotopic (exact) mass is 245 g/mol. The Morgan fingerprint density at radius 1 is 1.41 bits per heavy atom.